The van der Waals surface area contributed by atoms with E-state index in [1.54, 1.807) is 19.5 Å². The Balaban J connectivity index is 2.14. The summed E-state index contributed by atoms with van der Waals surface area (Å²) in [5, 5.41) is 0. The molecule has 118 valence electrons. The minimum Gasteiger partial charge on any atom is -0.497 e. The van der Waals surface area contributed by atoms with Crippen LogP contribution in [0.4, 0.5) is 5.95 Å². The predicted octanol–water partition coefficient (Wildman–Crippen LogP) is 2.84. The number of methoxy groups -OCH3 is 1. The quantitative estimate of drug-likeness (QED) is 0.736. The lowest BCUT2D eigenvalue weighted by molar-refractivity contribution is 0.415. The molecule has 0 fully saturated rings. The van der Waals surface area contributed by atoms with Crippen LogP contribution < -0.4 is 10.5 Å². The van der Waals surface area contributed by atoms with Gasteiger partial charge in [-0.2, -0.15) is 0 Å². The van der Waals surface area contributed by atoms with Crippen LogP contribution in [0.2, 0.25) is 0 Å². The Morgan fingerprint density at radius 1 is 1.08 bits per heavy atom. The summed E-state index contributed by atoms with van der Waals surface area (Å²) in [4.78, 5) is 12.7. The molecule has 5 heteroatoms. The molecule has 3 rings (SSSR count). The van der Waals surface area contributed by atoms with Crippen molar-refractivity contribution in [2.24, 2.45) is 0 Å². The lowest BCUT2D eigenvalue weighted by Gasteiger charge is -2.09. The number of rotatable bonds is 2. The first kappa shape index (κ1) is 15.5. The van der Waals surface area contributed by atoms with Crippen LogP contribution in [0.25, 0.3) is 11.3 Å². The molecule has 2 aromatic heterocycles. The molecule has 1 aromatic carbocycles. The third-order valence-electron chi connectivity index (χ3n) is 3.44. The van der Waals surface area contributed by atoms with Crippen LogP contribution in [-0.4, -0.2) is 22.1 Å². The van der Waals surface area contributed by atoms with Crippen molar-refractivity contribution in [2.45, 2.75) is 6.92 Å². The average Bonchev–Trinajstić information content (AvgIpc) is 2.61. The van der Waals surface area contributed by atoms with Crippen molar-refractivity contribution in [3.63, 3.8) is 0 Å². The van der Waals surface area contributed by atoms with E-state index in [0.29, 0.717) is 5.69 Å². The molecule has 0 aliphatic rings. The number of pyridine rings is 1. The number of nitrogens with zero attached hydrogens (tertiary/aromatic N) is 3. The third kappa shape index (κ3) is 3.33. The van der Waals surface area contributed by atoms with E-state index < -0.39 is 0 Å². The van der Waals surface area contributed by atoms with E-state index in [2.05, 4.69) is 26.8 Å². The number of benzene rings is 1. The lowest BCUT2D eigenvalue weighted by atomic mass is 10.0. The van der Waals surface area contributed by atoms with Crippen molar-refractivity contribution in [3.8, 4) is 28.8 Å². The molecule has 2 heterocycles. The molecule has 0 radical (unpaired) electrons. The maximum Gasteiger partial charge on any atom is 0.220 e. The Morgan fingerprint density at radius 3 is 2.71 bits per heavy atom. The van der Waals surface area contributed by atoms with Gasteiger partial charge in [0.1, 0.15) is 5.75 Å². The first-order chi connectivity index (χ1) is 11.7. The predicted molar refractivity (Wildman–Crippen MR) is 93.4 cm³/mol. The standard InChI is InChI=1S/C19H16N4O/c1-13-17(9-8-14-5-4-10-21-12-14)18(23-19(20)22-13)15-6-3-7-16(11-15)24-2/h3-7,10-12H,1-2H3,(H2,20,22,23). The molecule has 3 aromatic rings. The third-order valence-corrected chi connectivity index (χ3v) is 3.44. The first-order valence-electron chi connectivity index (χ1n) is 7.38. The number of aryl methyl sites for hydroxylation is 1. The molecule has 24 heavy (non-hydrogen) atoms. The fourth-order valence-corrected chi connectivity index (χ4v) is 2.29. The zero-order chi connectivity index (χ0) is 16.9. The van der Waals surface area contributed by atoms with Crippen molar-refractivity contribution >= 4 is 5.95 Å². The van der Waals surface area contributed by atoms with Gasteiger partial charge in [0.25, 0.3) is 0 Å². The fourth-order valence-electron chi connectivity index (χ4n) is 2.29. The monoisotopic (exact) mass is 316 g/mol. The molecule has 0 saturated heterocycles. The van der Waals surface area contributed by atoms with Crippen molar-refractivity contribution in [1.29, 1.82) is 0 Å². The van der Waals surface area contributed by atoms with Gasteiger partial charge in [0.05, 0.1) is 24.1 Å². The number of aromatic nitrogens is 3. The summed E-state index contributed by atoms with van der Waals surface area (Å²) >= 11 is 0. The molecule has 0 spiro atoms. The van der Waals surface area contributed by atoms with Gasteiger partial charge in [-0.1, -0.05) is 24.0 Å². The van der Waals surface area contributed by atoms with Crippen molar-refractivity contribution in [1.82, 2.24) is 15.0 Å². The summed E-state index contributed by atoms with van der Waals surface area (Å²) in [6, 6.07) is 11.4. The van der Waals surface area contributed by atoms with Gasteiger partial charge in [0.2, 0.25) is 5.95 Å². The number of hydrogen-bond donors (Lipinski definition) is 1. The highest BCUT2D eigenvalue weighted by Gasteiger charge is 2.11. The van der Waals surface area contributed by atoms with Crippen LogP contribution in [0.5, 0.6) is 5.75 Å². The fraction of sp³-hybridized carbons (Fsp3) is 0.105. The molecule has 0 aliphatic carbocycles. The number of ether oxygens (including phenoxy) is 1. The van der Waals surface area contributed by atoms with Gasteiger partial charge >= 0.3 is 0 Å². The van der Waals surface area contributed by atoms with E-state index in [4.69, 9.17) is 10.5 Å². The number of nitrogen functional groups attached to an aromatic ring is 1. The highest BCUT2D eigenvalue weighted by molar-refractivity contribution is 5.71. The van der Waals surface area contributed by atoms with E-state index in [1.807, 2.05) is 43.3 Å². The zero-order valence-electron chi connectivity index (χ0n) is 13.4. The second kappa shape index (κ2) is 6.80. The minimum atomic E-state index is 0.220. The Morgan fingerprint density at radius 2 is 1.96 bits per heavy atom. The summed E-state index contributed by atoms with van der Waals surface area (Å²) in [7, 11) is 1.63. The molecular formula is C19H16N4O. The largest absolute Gasteiger partial charge is 0.497 e. The Bertz CT molecular complexity index is 927. The molecule has 0 unspecified atom stereocenters. The molecule has 0 aliphatic heterocycles. The van der Waals surface area contributed by atoms with Gasteiger partial charge in [0, 0.05) is 23.5 Å². The van der Waals surface area contributed by atoms with Crippen molar-refractivity contribution in [3.05, 3.63) is 65.6 Å². The second-order valence-corrected chi connectivity index (χ2v) is 5.11. The minimum absolute atomic E-state index is 0.220. The average molecular weight is 316 g/mol. The topological polar surface area (TPSA) is 73.9 Å². The van der Waals surface area contributed by atoms with Gasteiger partial charge in [-0.05, 0) is 31.2 Å². The summed E-state index contributed by atoms with van der Waals surface area (Å²) < 4.78 is 5.29. The molecule has 0 atom stereocenters. The Hall–Kier alpha value is -3.39. The SMILES string of the molecule is COc1cccc(-c2nc(N)nc(C)c2C#Cc2cccnc2)c1. The van der Waals surface area contributed by atoms with Crippen LogP contribution in [0.15, 0.2) is 48.8 Å². The first-order valence-corrected chi connectivity index (χ1v) is 7.38. The number of hydrogen-bond acceptors (Lipinski definition) is 5. The molecule has 2 N–H and O–H groups in total. The summed E-state index contributed by atoms with van der Waals surface area (Å²) in [6.45, 7) is 1.87. The Labute approximate surface area is 140 Å². The van der Waals surface area contributed by atoms with Crippen molar-refractivity contribution < 1.29 is 4.74 Å². The van der Waals surface area contributed by atoms with Crippen molar-refractivity contribution in [2.75, 3.05) is 12.8 Å². The maximum atomic E-state index is 5.83. The van der Waals surface area contributed by atoms with Crippen LogP contribution in [0.1, 0.15) is 16.8 Å². The molecular weight excluding hydrogens is 300 g/mol. The lowest BCUT2D eigenvalue weighted by Crippen LogP contribution is -2.03. The van der Waals surface area contributed by atoms with E-state index in [9.17, 15) is 0 Å². The van der Waals surface area contributed by atoms with E-state index >= 15 is 0 Å². The zero-order valence-corrected chi connectivity index (χ0v) is 13.4. The second-order valence-electron chi connectivity index (χ2n) is 5.11. The van der Waals surface area contributed by atoms with Crippen LogP contribution >= 0.6 is 0 Å². The van der Waals surface area contributed by atoms with Gasteiger partial charge < -0.3 is 10.5 Å². The van der Waals surface area contributed by atoms with Gasteiger partial charge in [-0.15, -0.1) is 0 Å². The molecule has 0 amide bonds. The van der Waals surface area contributed by atoms with Crippen LogP contribution in [-0.2, 0) is 0 Å². The van der Waals surface area contributed by atoms with E-state index in [-0.39, 0.29) is 5.95 Å². The highest BCUT2D eigenvalue weighted by atomic mass is 16.5. The van der Waals surface area contributed by atoms with Crippen LogP contribution in [0.3, 0.4) is 0 Å². The summed E-state index contributed by atoms with van der Waals surface area (Å²) in [6.07, 6.45) is 3.43. The molecule has 0 saturated carbocycles. The molecule has 0 bridgehead atoms. The summed E-state index contributed by atoms with van der Waals surface area (Å²) in [5.74, 6) is 7.21. The van der Waals surface area contributed by atoms with E-state index in [0.717, 1.165) is 28.1 Å². The maximum absolute atomic E-state index is 5.83. The van der Waals surface area contributed by atoms with Crippen LogP contribution in [0, 0.1) is 18.8 Å². The normalized spacial score (nSPS) is 9.92. The van der Waals surface area contributed by atoms with E-state index in [1.165, 1.54) is 0 Å². The van der Waals surface area contributed by atoms with Gasteiger partial charge in [-0.25, -0.2) is 9.97 Å². The smallest absolute Gasteiger partial charge is 0.220 e. The number of nitrogens with two attached hydrogens (primary N) is 1. The van der Waals surface area contributed by atoms with Gasteiger partial charge in [0.15, 0.2) is 0 Å². The highest BCUT2D eigenvalue weighted by Crippen LogP contribution is 2.26. The van der Waals surface area contributed by atoms with Gasteiger partial charge in [-0.3, -0.25) is 4.98 Å². The Kier molecular flexibility index (Phi) is 4.39. The molecule has 5 nitrogen and oxygen atoms in total. The number of anilines is 1. The summed E-state index contributed by atoms with van der Waals surface area (Å²) in [5.41, 5.74) is 9.69.